The second-order valence-electron chi connectivity index (χ2n) is 7.43. The monoisotopic (exact) mass is 464 g/mol. The zero-order valence-corrected chi connectivity index (χ0v) is 18.8. The Morgan fingerprint density at radius 3 is 2.69 bits per heavy atom. The number of halogens is 1. The zero-order valence-electron chi connectivity index (χ0n) is 17.2. The Kier molecular flexibility index (Phi) is 5.94. The largest absolute Gasteiger partial charge is 0.371 e. The summed E-state index contributed by atoms with van der Waals surface area (Å²) in [5, 5.41) is 8.08. The van der Waals surface area contributed by atoms with Crippen molar-refractivity contribution in [3.8, 4) is 5.69 Å². The van der Waals surface area contributed by atoms with Gasteiger partial charge in [0.25, 0.3) is 5.56 Å². The molecule has 0 amide bonds. The Balaban J connectivity index is 1.56. The molecular weight excluding hydrogens is 444 g/mol. The van der Waals surface area contributed by atoms with Gasteiger partial charge in [-0.1, -0.05) is 54.1 Å². The summed E-state index contributed by atoms with van der Waals surface area (Å²) in [6.07, 6.45) is 3.82. The second-order valence-corrected chi connectivity index (χ2v) is 8.81. The number of hydrogen-bond acceptors (Lipinski definition) is 5. The van der Waals surface area contributed by atoms with Gasteiger partial charge in [-0.25, -0.2) is 9.67 Å². The summed E-state index contributed by atoms with van der Waals surface area (Å²) >= 11 is 7.97. The minimum atomic E-state index is -0.147. The Labute approximate surface area is 193 Å². The van der Waals surface area contributed by atoms with Crippen molar-refractivity contribution >= 4 is 34.7 Å². The van der Waals surface area contributed by atoms with E-state index in [4.69, 9.17) is 16.3 Å². The molecule has 1 aliphatic rings. The van der Waals surface area contributed by atoms with Gasteiger partial charge in [0, 0.05) is 18.1 Å². The van der Waals surface area contributed by atoms with Crippen LogP contribution in [0.3, 0.4) is 0 Å². The number of aromatic nitrogens is 3. The first-order chi connectivity index (χ1) is 15.7. The predicted molar refractivity (Wildman–Crippen MR) is 127 cm³/mol. The first-order valence-electron chi connectivity index (χ1n) is 10.2. The number of nitrogens with zero attached hydrogens (tertiary/aromatic N) is 3. The molecular formula is C24H21ClN4O2S. The molecule has 4 aromatic rings. The van der Waals surface area contributed by atoms with Crippen molar-refractivity contribution in [1.29, 1.82) is 0 Å². The summed E-state index contributed by atoms with van der Waals surface area (Å²) in [6, 6.07) is 17.3. The van der Waals surface area contributed by atoms with E-state index in [1.165, 1.54) is 4.68 Å². The maximum atomic E-state index is 13.5. The van der Waals surface area contributed by atoms with Gasteiger partial charge < -0.3 is 9.64 Å². The summed E-state index contributed by atoms with van der Waals surface area (Å²) in [5.41, 5.74) is 2.41. The van der Waals surface area contributed by atoms with Crippen LogP contribution in [0.2, 0.25) is 5.02 Å². The second kappa shape index (κ2) is 9.16. The molecule has 2 aromatic carbocycles. The van der Waals surface area contributed by atoms with Gasteiger partial charge in [0.05, 0.1) is 46.7 Å². The van der Waals surface area contributed by atoms with Crippen LogP contribution in [0.5, 0.6) is 0 Å². The van der Waals surface area contributed by atoms with Gasteiger partial charge in [0.2, 0.25) is 0 Å². The number of nitrogens with one attached hydrogen (secondary N) is 1. The lowest BCUT2D eigenvalue weighted by Crippen LogP contribution is -2.46. The maximum Gasteiger partial charge on any atom is 0.281 e. The molecule has 0 fully saturated rings. The number of H-pyrrole nitrogens is 1. The van der Waals surface area contributed by atoms with Gasteiger partial charge in [0.15, 0.2) is 0 Å². The van der Waals surface area contributed by atoms with E-state index in [9.17, 15) is 4.79 Å². The van der Waals surface area contributed by atoms with Crippen LogP contribution in [0.15, 0.2) is 71.0 Å². The highest BCUT2D eigenvalue weighted by Gasteiger charge is 2.21. The van der Waals surface area contributed by atoms with Crippen molar-refractivity contribution in [3.05, 3.63) is 103 Å². The summed E-state index contributed by atoms with van der Waals surface area (Å²) in [6.45, 7) is 2.06. The number of aromatic amines is 1. The normalized spacial score (nSPS) is 13.2. The average molecular weight is 465 g/mol. The molecule has 0 unspecified atom stereocenters. The van der Waals surface area contributed by atoms with E-state index in [-0.39, 0.29) is 5.56 Å². The van der Waals surface area contributed by atoms with Crippen LogP contribution in [-0.4, -0.2) is 32.8 Å². The number of thiazole rings is 1. The van der Waals surface area contributed by atoms with E-state index in [0.717, 1.165) is 21.6 Å². The van der Waals surface area contributed by atoms with Crippen LogP contribution >= 0.6 is 22.9 Å². The van der Waals surface area contributed by atoms with Gasteiger partial charge in [-0.2, -0.15) is 0 Å². The summed E-state index contributed by atoms with van der Waals surface area (Å²) in [7, 11) is 0. The quantitative estimate of drug-likeness (QED) is 0.457. The Morgan fingerprint density at radius 2 is 1.91 bits per heavy atom. The third-order valence-corrected chi connectivity index (χ3v) is 6.44. The number of ether oxygens (including phenoxy) is 1. The molecule has 0 spiro atoms. The highest BCUT2D eigenvalue weighted by atomic mass is 35.5. The summed E-state index contributed by atoms with van der Waals surface area (Å²) < 4.78 is 7.57. The van der Waals surface area contributed by atoms with Crippen LogP contribution < -0.4 is 16.1 Å². The van der Waals surface area contributed by atoms with Crippen molar-refractivity contribution in [2.45, 2.75) is 13.2 Å². The molecule has 3 heterocycles. The lowest BCUT2D eigenvalue weighted by atomic mass is 10.2. The SMILES string of the molecule is O=c1c2c([nH]n1-c1ccccc1Cl)=CCN(Cc1nccs1)C=2COCc1ccccc1. The van der Waals surface area contributed by atoms with Crippen molar-refractivity contribution in [2.75, 3.05) is 13.2 Å². The molecule has 2 aromatic heterocycles. The molecule has 162 valence electrons. The molecule has 0 saturated heterocycles. The third kappa shape index (κ3) is 4.14. The standard InChI is InChI=1S/C24H21ClN4O2S/c25-18-8-4-5-9-20(18)29-24(30)23-19(27-29)10-12-28(14-22-26-11-13-32-22)21(23)16-31-15-17-6-2-1-3-7-17/h1-11,13,27H,12,14-16H2. The summed E-state index contributed by atoms with van der Waals surface area (Å²) in [4.78, 5) is 20.1. The Bertz CT molecular complexity index is 1390. The minimum Gasteiger partial charge on any atom is -0.371 e. The molecule has 32 heavy (non-hydrogen) atoms. The van der Waals surface area contributed by atoms with Gasteiger partial charge in [-0.05, 0) is 23.8 Å². The molecule has 0 bridgehead atoms. The van der Waals surface area contributed by atoms with E-state index in [0.29, 0.717) is 42.2 Å². The highest BCUT2D eigenvalue weighted by Crippen LogP contribution is 2.18. The molecule has 1 aliphatic heterocycles. The topological polar surface area (TPSA) is 63.2 Å². The van der Waals surface area contributed by atoms with Gasteiger partial charge >= 0.3 is 0 Å². The molecule has 0 atom stereocenters. The van der Waals surface area contributed by atoms with Crippen LogP contribution in [-0.2, 0) is 17.9 Å². The van der Waals surface area contributed by atoms with Crippen LogP contribution in [0.25, 0.3) is 17.5 Å². The van der Waals surface area contributed by atoms with E-state index in [1.807, 2.05) is 60.0 Å². The van der Waals surface area contributed by atoms with Crippen molar-refractivity contribution in [2.24, 2.45) is 0 Å². The lowest BCUT2D eigenvalue weighted by Gasteiger charge is -2.27. The molecule has 8 heteroatoms. The zero-order chi connectivity index (χ0) is 21.9. The van der Waals surface area contributed by atoms with Crippen molar-refractivity contribution in [1.82, 2.24) is 19.7 Å². The van der Waals surface area contributed by atoms with E-state index in [2.05, 4.69) is 15.0 Å². The number of benzene rings is 2. The van der Waals surface area contributed by atoms with E-state index >= 15 is 0 Å². The molecule has 1 N–H and O–H groups in total. The first-order valence-corrected chi connectivity index (χ1v) is 11.5. The number of hydrogen-bond donors (Lipinski definition) is 1. The fraction of sp³-hybridized carbons (Fsp3) is 0.167. The average Bonchev–Trinajstić information content (AvgIpc) is 3.44. The van der Waals surface area contributed by atoms with Gasteiger partial charge in [-0.3, -0.25) is 9.89 Å². The van der Waals surface area contributed by atoms with E-state index in [1.54, 1.807) is 23.6 Å². The Hall–Kier alpha value is -3.13. The lowest BCUT2D eigenvalue weighted by molar-refractivity contribution is 0.140. The smallest absolute Gasteiger partial charge is 0.281 e. The van der Waals surface area contributed by atoms with Crippen molar-refractivity contribution < 1.29 is 4.74 Å². The highest BCUT2D eigenvalue weighted by molar-refractivity contribution is 7.09. The molecule has 6 nitrogen and oxygen atoms in total. The fourth-order valence-electron chi connectivity index (χ4n) is 3.81. The summed E-state index contributed by atoms with van der Waals surface area (Å²) in [5.74, 6) is 0. The first kappa shape index (κ1) is 20.8. The fourth-order valence-corrected chi connectivity index (χ4v) is 4.66. The third-order valence-electron chi connectivity index (χ3n) is 5.36. The predicted octanol–water partition coefficient (Wildman–Crippen LogP) is 2.90. The number of fused-ring (bicyclic) bond motifs is 1. The number of rotatable bonds is 7. The van der Waals surface area contributed by atoms with Crippen LogP contribution in [0.1, 0.15) is 10.6 Å². The number of para-hydroxylation sites is 1. The van der Waals surface area contributed by atoms with Gasteiger partial charge in [-0.15, -0.1) is 11.3 Å². The minimum absolute atomic E-state index is 0.147. The van der Waals surface area contributed by atoms with Gasteiger partial charge in [0.1, 0.15) is 5.01 Å². The molecule has 0 saturated carbocycles. The van der Waals surface area contributed by atoms with Crippen molar-refractivity contribution in [3.63, 3.8) is 0 Å². The maximum absolute atomic E-state index is 13.5. The van der Waals surface area contributed by atoms with E-state index < -0.39 is 0 Å². The molecule has 0 aliphatic carbocycles. The van der Waals surface area contributed by atoms with Crippen LogP contribution in [0.4, 0.5) is 0 Å². The van der Waals surface area contributed by atoms with Crippen LogP contribution in [0, 0.1) is 0 Å². The molecule has 5 rings (SSSR count). The Morgan fingerprint density at radius 1 is 1.09 bits per heavy atom. The molecule has 0 radical (unpaired) electrons.